The zero-order valence-electron chi connectivity index (χ0n) is 5.92. The Morgan fingerprint density at radius 1 is 0.917 bits per heavy atom. The second kappa shape index (κ2) is 343. The van der Waals surface area contributed by atoms with Gasteiger partial charge in [-0.15, -0.1) is 0 Å². The maximum atomic E-state index is 7.50. The first-order chi connectivity index (χ1) is 5.91. The summed E-state index contributed by atoms with van der Waals surface area (Å²) in [5.74, 6) is 0. The Morgan fingerprint density at radius 2 is 1.00 bits per heavy atom. The van der Waals surface area contributed by atoms with E-state index in [4.69, 9.17) is 28.0 Å². The summed E-state index contributed by atoms with van der Waals surface area (Å²) >= 11 is -0.296. The van der Waals surface area contributed by atoms with Crippen molar-refractivity contribution in [1.82, 2.24) is 0 Å². The minimum atomic E-state index is -0.296. The van der Waals surface area contributed by atoms with Gasteiger partial charge in [0.05, 0.1) is 0 Å². The van der Waals surface area contributed by atoms with Crippen LogP contribution in [0.5, 0.6) is 0 Å². The zero-order valence-corrected chi connectivity index (χ0v) is 8.68. The van der Waals surface area contributed by atoms with Crippen LogP contribution in [-0.4, -0.2) is 0 Å². The van der Waals surface area contributed by atoms with Gasteiger partial charge in [0.15, 0.2) is 0 Å². The molecule has 64 valence electrons. The standard InChI is InChI=1S/C2H3.4CO.ClH.Mo/c5*1-2;;/h1H3;;;;;1H;/q;;;;;;+1/p-1. The van der Waals surface area contributed by atoms with E-state index in [0.717, 1.165) is 0 Å². The summed E-state index contributed by atoms with van der Waals surface area (Å²) in [4.78, 5) is 0. The fourth-order valence-corrected chi connectivity index (χ4v) is 0. The summed E-state index contributed by atoms with van der Waals surface area (Å²) in [7, 11) is 5.20. The van der Waals surface area contributed by atoms with Crippen LogP contribution in [0.1, 0.15) is 6.92 Å². The predicted octanol–water partition coefficient (Wildman–Crippen LogP) is 1.05. The molecule has 0 saturated carbocycles. The molecular formula is C6H3ClMoO4. The molecule has 0 rings (SSSR count). The molecule has 0 unspecified atom stereocenters. The van der Waals surface area contributed by atoms with Crippen LogP contribution in [0.3, 0.4) is 0 Å². The van der Waals surface area contributed by atoms with E-state index in [0.29, 0.717) is 0 Å². The summed E-state index contributed by atoms with van der Waals surface area (Å²) < 4.78 is 32.8. The number of hydrogen-bond donors (Lipinski definition) is 0. The summed E-state index contributed by atoms with van der Waals surface area (Å²) in [6.07, 6.45) is 0. The number of hydrogen-bond acceptors (Lipinski definition) is 0. The van der Waals surface area contributed by atoms with Crippen LogP contribution in [0.15, 0.2) is 0 Å². The normalized spacial score (nSPS) is 2.17. The van der Waals surface area contributed by atoms with Gasteiger partial charge < -0.3 is 0 Å². The van der Waals surface area contributed by atoms with E-state index in [1.807, 2.05) is 6.92 Å². The van der Waals surface area contributed by atoms with Gasteiger partial charge in [0, 0.05) is 0 Å². The molecule has 0 N–H and O–H groups in total. The van der Waals surface area contributed by atoms with Crippen LogP contribution >= 0.6 is 9.42 Å². The molecule has 0 aliphatic rings. The molecule has 0 aromatic rings. The summed E-state index contributed by atoms with van der Waals surface area (Å²) in [5, 5.41) is 0. The van der Waals surface area contributed by atoms with Crippen molar-refractivity contribution in [3.63, 3.8) is 0 Å². The summed E-state index contributed by atoms with van der Waals surface area (Å²) in [6.45, 7) is 19.9. The third kappa shape index (κ3) is 1430. The van der Waals surface area contributed by atoms with Crippen molar-refractivity contribution in [2.24, 2.45) is 0 Å². The van der Waals surface area contributed by atoms with Crippen molar-refractivity contribution in [3.05, 3.63) is 26.6 Å². The second-order valence-electron chi connectivity index (χ2n) is 0.281. The molecule has 0 saturated heterocycles. The third-order valence-electron chi connectivity index (χ3n) is 0.0772. The van der Waals surface area contributed by atoms with Crippen LogP contribution in [0.25, 0.3) is 0 Å². The van der Waals surface area contributed by atoms with Crippen molar-refractivity contribution >= 4 is 9.42 Å². The van der Waals surface area contributed by atoms with E-state index in [9.17, 15) is 0 Å². The molecule has 0 atom stereocenters. The van der Waals surface area contributed by atoms with E-state index in [1.54, 1.807) is 0 Å². The van der Waals surface area contributed by atoms with Gasteiger partial charge in [-0.25, -0.2) is 0 Å². The summed E-state index contributed by atoms with van der Waals surface area (Å²) in [6, 6.07) is 0. The molecule has 6 heteroatoms. The molecule has 0 fully saturated rings. The van der Waals surface area contributed by atoms with Gasteiger partial charge >= 0.3 is 82.6 Å². The zero-order chi connectivity index (χ0) is 11.4. The molecule has 0 aliphatic carbocycles. The molecule has 0 aliphatic heterocycles. The van der Waals surface area contributed by atoms with Gasteiger partial charge in [0.25, 0.3) is 0 Å². The van der Waals surface area contributed by atoms with Gasteiger partial charge in [0.2, 0.25) is 0 Å². The molecule has 0 heterocycles. The van der Waals surface area contributed by atoms with Crippen LogP contribution in [0.4, 0.5) is 0 Å². The Morgan fingerprint density at radius 3 is 1.00 bits per heavy atom. The SMILES string of the molecule is C[C]#[Mo][Cl].[C-]#[O+].[C-]#[O+].[C-]#[O+].[C-]#[O+]. The van der Waals surface area contributed by atoms with Crippen LogP contribution in [-0.2, 0) is 35.5 Å². The Balaban J connectivity index is -0.0000000181. The first kappa shape index (κ1) is 29.8. The molecule has 0 aromatic heterocycles. The fraction of sp³-hybridized carbons (Fsp3) is 0.167. The number of halogens is 1. The van der Waals surface area contributed by atoms with Crippen molar-refractivity contribution < 1.29 is 35.5 Å². The van der Waals surface area contributed by atoms with E-state index in [2.05, 4.69) is 30.8 Å². The monoisotopic (exact) mass is 272 g/mol. The quantitative estimate of drug-likeness (QED) is 0.358. The fourth-order valence-electron chi connectivity index (χ4n) is 0. The average molecular weight is 270 g/mol. The van der Waals surface area contributed by atoms with E-state index in [-0.39, 0.29) is 16.9 Å². The molecule has 12 heavy (non-hydrogen) atoms. The Hall–Kier alpha value is -0.282. The summed E-state index contributed by atoms with van der Waals surface area (Å²) in [5.41, 5.74) is 0. The van der Waals surface area contributed by atoms with Gasteiger partial charge in [-0.2, -0.15) is 0 Å². The van der Waals surface area contributed by atoms with Gasteiger partial charge in [-0.3, -0.25) is 0 Å². The molecule has 0 amide bonds. The van der Waals surface area contributed by atoms with E-state index >= 15 is 0 Å². The van der Waals surface area contributed by atoms with Crippen molar-refractivity contribution in [3.8, 4) is 4.20 Å². The molecule has 0 radical (unpaired) electrons. The Kier molecular flexibility index (Phi) is 852. The predicted molar refractivity (Wildman–Crippen MR) is 31.1 cm³/mol. The maximum absolute atomic E-state index is 7.50. The van der Waals surface area contributed by atoms with Gasteiger partial charge in [-0.1, -0.05) is 0 Å². The first-order valence-corrected chi connectivity index (χ1v) is 5.26. The van der Waals surface area contributed by atoms with Crippen molar-refractivity contribution in [2.45, 2.75) is 6.92 Å². The molecule has 0 aromatic carbocycles. The van der Waals surface area contributed by atoms with Crippen molar-refractivity contribution in [1.29, 1.82) is 0 Å². The molecule has 0 spiro atoms. The van der Waals surface area contributed by atoms with Crippen LogP contribution in [0.2, 0.25) is 0 Å². The third-order valence-corrected chi connectivity index (χ3v) is 1.37. The van der Waals surface area contributed by atoms with Gasteiger partial charge in [0.1, 0.15) is 0 Å². The van der Waals surface area contributed by atoms with Gasteiger partial charge in [-0.05, 0) is 0 Å². The van der Waals surface area contributed by atoms with Crippen LogP contribution in [0, 0.1) is 30.8 Å². The van der Waals surface area contributed by atoms with E-state index < -0.39 is 0 Å². The first-order valence-electron chi connectivity index (χ1n) is 1.67. The average Bonchev–Trinajstić information content (AvgIpc) is 2.29. The number of rotatable bonds is 0. The van der Waals surface area contributed by atoms with E-state index in [1.165, 1.54) is 0 Å². The Labute approximate surface area is 82.7 Å². The molecular weight excluding hydrogens is 267 g/mol. The topological polar surface area (TPSA) is 79.6 Å². The minimum absolute atomic E-state index is 0.296. The molecule has 4 nitrogen and oxygen atoms in total. The second-order valence-corrected chi connectivity index (χ2v) is 2.58. The van der Waals surface area contributed by atoms with Crippen LogP contribution < -0.4 is 0 Å². The van der Waals surface area contributed by atoms with Crippen molar-refractivity contribution in [2.75, 3.05) is 0 Å². The Bertz CT molecular complexity index is 141. The molecule has 0 bridgehead atoms.